The number of esters is 1. The Labute approximate surface area is 153 Å². The molecule has 0 aliphatic carbocycles. The number of fused-ring (bicyclic) bond motifs is 1. The molecule has 0 saturated carbocycles. The molecular formula is C20H15F2NO4. The summed E-state index contributed by atoms with van der Waals surface area (Å²) >= 11 is 0. The number of carbonyl (C=O) groups excluding carboxylic acids is 1. The summed E-state index contributed by atoms with van der Waals surface area (Å²) in [6, 6.07) is 10.1. The summed E-state index contributed by atoms with van der Waals surface area (Å²) in [5, 5.41) is 3.86. The van der Waals surface area contributed by atoms with Gasteiger partial charge in [-0.15, -0.1) is 0 Å². The van der Waals surface area contributed by atoms with Gasteiger partial charge in [0.25, 0.3) is 0 Å². The minimum absolute atomic E-state index is 0.145. The molecule has 0 saturated heterocycles. The Kier molecular flexibility index (Phi) is 4.35. The molecule has 5 nitrogen and oxygen atoms in total. The lowest BCUT2D eigenvalue weighted by Crippen LogP contribution is -2.08. The van der Waals surface area contributed by atoms with E-state index in [2.05, 4.69) is 5.16 Å². The molecule has 0 fully saturated rings. The topological polar surface area (TPSA) is 61.6 Å². The lowest BCUT2D eigenvalue weighted by Gasteiger charge is -2.03. The molecule has 1 atom stereocenters. The number of hydrogen-bond donors (Lipinski definition) is 0. The van der Waals surface area contributed by atoms with E-state index in [1.54, 1.807) is 6.07 Å². The van der Waals surface area contributed by atoms with E-state index in [9.17, 15) is 13.6 Å². The smallest absolute Gasteiger partial charge is 0.341 e. The van der Waals surface area contributed by atoms with E-state index in [-0.39, 0.29) is 18.3 Å². The van der Waals surface area contributed by atoms with Crippen molar-refractivity contribution in [2.75, 3.05) is 0 Å². The Bertz CT molecular complexity index is 1010. The second kappa shape index (κ2) is 6.83. The van der Waals surface area contributed by atoms with Crippen molar-refractivity contribution in [3.63, 3.8) is 0 Å². The van der Waals surface area contributed by atoms with Crippen molar-refractivity contribution in [3.8, 4) is 17.1 Å². The van der Waals surface area contributed by atoms with Crippen molar-refractivity contribution in [2.24, 2.45) is 0 Å². The highest BCUT2D eigenvalue weighted by Gasteiger charge is 2.20. The maximum absolute atomic E-state index is 13.6. The van der Waals surface area contributed by atoms with Crippen LogP contribution in [0.5, 0.6) is 5.75 Å². The molecule has 3 aromatic rings. The molecule has 0 N–H and O–H groups in total. The first-order valence-corrected chi connectivity index (χ1v) is 8.37. The Hall–Kier alpha value is -3.22. The highest BCUT2D eigenvalue weighted by molar-refractivity contribution is 5.89. The summed E-state index contributed by atoms with van der Waals surface area (Å²) in [4.78, 5) is 11.9. The van der Waals surface area contributed by atoms with Crippen LogP contribution in [0.25, 0.3) is 11.3 Å². The van der Waals surface area contributed by atoms with Crippen LogP contribution in [0.4, 0.5) is 8.78 Å². The number of rotatable bonds is 4. The van der Waals surface area contributed by atoms with Gasteiger partial charge in [0.15, 0.2) is 5.76 Å². The maximum Gasteiger partial charge on any atom is 0.341 e. The third-order valence-corrected chi connectivity index (χ3v) is 4.25. The molecule has 2 heterocycles. The van der Waals surface area contributed by atoms with Crippen molar-refractivity contribution in [1.82, 2.24) is 5.16 Å². The van der Waals surface area contributed by atoms with E-state index in [1.807, 2.05) is 25.1 Å². The fraction of sp³-hybridized carbons (Fsp3) is 0.200. The van der Waals surface area contributed by atoms with Crippen molar-refractivity contribution in [2.45, 2.75) is 26.1 Å². The number of hydrogen-bond acceptors (Lipinski definition) is 5. The highest BCUT2D eigenvalue weighted by atomic mass is 19.1. The monoisotopic (exact) mass is 371 g/mol. The largest absolute Gasteiger partial charge is 0.490 e. The predicted octanol–water partition coefficient (Wildman–Crippen LogP) is 4.30. The molecule has 1 aliphatic heterocycles. The van der Waals surface area contributed by atoms with Crippen LogP contribution >= 0.6 is 0 Å². The van der Waals surface area contributed by atoms with Crippen LogP contribution in [0.2, 0.25) is 0 Å². The Morgan fingerprint density at radius 2 is 2.07 bits per heavy atom. The first-order chi connectivity index (χ1) is 13.0. The molecule has 4 rings (SSSR count). The minimum atomic E-state index is -0.979. The summed E-state index contributed by atoms with van der Waals surface area (Å²) in [6.45, 7) is 1.81. The number of carbonyl (C=O) groups is 1. The van der Waals surface area contributed by atoms with Crippen LogP contribution in [0.1, 0.15) is 28.5 Å². The quantitative estimate of drug-likeness (QED) is 0.640. The first kappa shape index (κ1) is 17.2. The zero-order valence-corrected chi connectivity index (χ0v) is 14.4. The van der Waals surface area contributed by atoms with E-state index >= 15 is 0 Å². The fourth-order valence-corrected chi connectivity index (χ4v) is 2.94. The molecule has 138 valence electrons. The number of halogens is 2. The van der Waals surface area contributed by atoms with Crippen LogP contribution in [0, 0.1) is 11.6 Å². The van der Waals surface area contributed by atoms with E-state index in [1.165, 1.54) is 0 Å². The van der Waals surface area contributed by atoms with Gasteiger partial charge in [-0.2, -0.15) is 0 Å². The highest BCUT2D eigenvalue weighted by Crippen LogP contribution is 2.33. The van der Waals surface area contributed by atoms with Gasteiger partial charge in [0.05, 0.1) is 5.56 Å². The molecule has 0 radical (unpaired) electrons. The number of nitrogens with zero attached hydrogens (tertiary/aromatic N) is 1. The van der Waals surface area contributed by atoms with Crippen molar-refractivity contribution >= 4 is 5.97 Å². The lowest BCUT2D eigenvalue weighted by molar-refractivity contribution is 0.0459. The van der Waals surface area contributed by atoms with Gasteiger partial charge >= 0.3 is 5.97 Å². The zero-order valence-electron chi connectivity index (χ0n) is 14.4. The summed E-state index contributed by atoms with van der Waals surface area (Å²) < 4.78 is 42.6. The van der Waals surface area contributed by atoms with Gasteiger partial charge in [-0.05, 0) is 30.7 Å². The van der Waals surface area contributed by atoms with E-state index in [0.717, 1.165) is 35.4 Å². The third-order valence-electron chi connectivity index (χ3n) is 4.25. The van der Waals surface area contributed by atoms with Gasteiger partial charge in [0, 0.05) is 24.1 Å². The first-order valence-electron chi connectivity index (χ1n) is 8.37. The van der Waals surface area contributed by atoms with Gasteiger partial charge in [-0.1, -0.05) is 17.3 Å². The molecule has 7 heteroatoms. The molecule has 0 bridgehead atoms. The molecule has 1 unspecified atom stereocenters. The van der Waals surface area contributed by atoms with Gasteiger partial charge in [-0.3, -0.25) is 0 Å². The Balaban J connectivity index is 1.44. The van der Waals surface area contributed by atoms with Crippen molar-refractivity contribution in [1.29, 1.82) is 0 Å². The number of benzene rings is 2. The number of ether oxygens (including phenoxy) is 2. The second-order valence-electron chi connectivity index (χ2n) is 6.34. The maximum atomic E-state index is 13.6. The molecule has 1 aromatic heterocycles. The summed E-state index contributed by atoms with van der Waals surface area (Å²) in [5.41, 5.74) is 1.96. The lowest BCUT2D eigenvalue weighted by atomic mass is 10.1. The van der Waals surface area contributed by atoms with Crippen molar-refractivity contribution < 1.29 is 27.6 Å². The number of aromatic nitrogens is 1. The van der Waals surface area contributed by atoms with Crippen LogP contribution in [0.3, 0.4) is 0 Å². The van der Waals surface area contributed by atoms with Crippen LogP contribution < -0.4 is 4.74 Å². The molecule has 0 amide bonds. The third kappa shape index (κ3) is 3.53. The standard InChI is InChI=1S/C20H15F2NO4/c1-11-6-12-2-3-13(7-18(12)26-11)19-9-15(23-27-19)10-25-20(24)16-5-4-14(21)8-17(16)22/h2-5,7-9,11H,6,10H2,1H3. The van der Waals surface area contributed by atoms with E-state index < -0.39 is 17.6 Å². The predicted molar refractivity (Wildman–Crippen MR) is 91.2 cm³/mol. The average molecular weight is 371 g/mol. The van der Waals surface area contributed by atoms with Crippen molar-refractivity contribution in [3.05, 3.63) is 70.9 Å². The van der Waals surface area contributed by atoms with Crippen LogP contribution in [-0.2, 0) is 17.8 Å². The average Bonchev–Trinajstić information content (AvgIpc) is 3.24. The van der Waals surface area contributed by atoms with Gasteiger partial charge in [-0.25, -0.2) is 13.6 Å². The minimum Gasteiger partial charge on any atom is -0.490 e. The summed E-state index contributed by atoms with van der Waals surface area (Å²) in [6.07, 6.45) is 1.01. The fourth-order valence-electron chi connectivity index (χ4n) is 2.94. The molecule has 2 aromatic carbocycles. The molecule has 0 spiro atoms. The zero-order chi connectivity index (χ0) is 19.0. The molecule has 1 aliphatic rings. The van der Waals surface area contributed by atoms with E-state index in [4.69, 9.17) is 14.0 Å². The van der Waals surface area contributed by atoms with Crippen LogP contribution in [-0.4, -0.2) is 17.2 Å². The SMILES string of the molecule is CC1Cc2ccc(-c3cc(COC(=O)c4ccc(F)cc4F)no3)cc2O1. The van der Waals surface area contributed by atoms with Gasteiger partial charge in [0.1, 0.15) is 35.8 Å². The summed E-state index contributed by atoms with van der Waals surface area (Å²) in [5.74, 6) is -1.33. The molecular weight excluding hydrogens is 356 g/mol. The van der Waals surface area contributed by atoms with Gasteiger partial charge < -0.3 is 14.0 Å². The van der Waals surface area contributed by atoms with Gasteiger partial charge in [0.2, 0.25) is 0 Å². The second-order valence-corrected chi connectivity index (χ2v) is 6.34. The van der Waals surface area contributed by atoms with E-state index in [0.29, 0.717) is 17.5 Å². The Morgan fingerprint density at radius 3 is 2.89 bits per heavy atom. The van der Waals surface area contributed by atoms with Crippen LogP contribution in [0.15, 0.2) is 47.0 Å². The summed E-state index contributed by atoms with van der Waals surface area (Å²) in [7, 11) is 0. The molecule has 27 heavy (non-hydrogen) atoms. The normalized spacial score (nSPS) is 15.3. The Morgan fingerprint density at radius 1 is 1.22 bits per heavy atom.